The predicted molar refractivity (Wildman–Crippen MR) is 131 cm³/mol. The molecule has 0 atom stereocenters. The van der Waals surface area contributed by atoms with Gasteiger partial charge in [0.25, 0.3) is 5.56 Å². The van der Waals surface area contributed by atoms with E-state index in [9.17, 15) is 4.79 Å². The summed E-state index contributed by atoms with van der Waals surface area (Å²) >= 11 is 6.44. The van der Waals surface area contributed by atoms with E-state index in [0.29, 0.717) is 34.4 Å². The Morgan fingerprint density at radius 3 is 2.65 bits per heavy atom. The zero-order valence-corrected chi connectivity index (χ0v) is 18.9. The lowest BCUT2D eigenvalue weighted by molar-refractivity contribution is 0.101. The quantitative estimate of drug-likeness (QED) is 0.430. The zero-order chi connectivity index (χ0) is 23.5. The summed E-state index contributed by atoms with van der Waals surface area (Å²) < 4.78 is 7.68. The minimum Gasteiger partial charge on any atom is -0.370 e. The Kier molecular flexibility index (Phi) is 6.07. The summed E-state index contributed by atoms with van der Waals surface area (Å²) in [5, 5.41) is 2.34. The van der Waals surface area contributed by atoms with Crippen LogP contribution in [0.15, 0.2) is 84.8 Å². The number of para-hydroxylation sites is 1. The summed E-state index contributed by atoms with van der Waals surface area (Å²) in [5.74, 6) is 0. The Labute approximate surface area is 201 Å². The van der Waals surface area contributed by atoms with Gasteiger partial charge in [0.15, 0.2) is 0 Å². The van der Waals surface area contributed by atoms with E-state index in [0.717, 1.165) is 16.8 Å². The highest BCUT2D eigenvalue weighted by atomic mass is 35.5. The number of hydrogen-bond donors (Lipinski definition) is 1. The standard InChI is InChI=1S/C25H21ClN6O2/c1-17-25-21(30-32(17)22-7-3-2-6-20(22)26)11-24(33)31(14-19-13-28-9-10-29-19)23(25)16-34-15-18-5-4-8-27-12-18/h2-13,30H,1,14-16H2. The van der Waals surface area contributed by atoms with Gasteiger partial charge in [-0.15, -0.1) is 0 Å². The van der Waals surface area contributed by atoms with Crippen LogP contribution in [0.2, 0.25) is 5.02 Å². The number of halogens is 1. The maximum atomic E-state index is 13.2. The first-order valence-electron chi connectivity index (χ1n) is 10.6. The van der Waals surface area contributed by atoms with Gasteiger partial charge in [-0.3, -0.25) is 30.2 Å². The first-order chi connectivity index (χ1) is 16.6. The molecule has 3 aromatic heterocycles. The largest absolute Gasteiger partial charge is 0.370 e. The summed E-state index contributed by atoms with van der Waals surface area (Å²) in [6, 6.07) is 12.8. The normalized spacial score (nSPS) is 12.5. The van der Waals surface area contributed by atoms with Gasteiger partial charge in [-0.25, -0.2) is 0 Å². The van der Waals surface area contributed by atoms with Crippen LogP contribution in [-0.2, 0) is 24.5 Å². The highest BCUT2D eigenvalue weighted by molar-refractivity contribution is 6.33. The number of rotatable bonds is 7. The molecule has 1 aliphatic heterocycles. The van der Waals surface area contributed by atoms with Crippen molar-refractivity contribution < 1.29 is 4.74 Å². The van der Waals surface area contributed by atoms with Crippen LogP contribution in [-0.4, -0.2) is 19.5 Å². The van der Waals surface area contributed by atoms with Crippen LogP contribution in [0.3, 0.4) is 0 Å². The molecular weight excluding hydrogens is 452 g/mol. The lowest BCUT2D eigenvalue weighted by atomic mass is 10.1. The number of nitrogens with zero attached hydrogens (tertiary/aromatic N) is 5. The second-order valence-corrected chi connectivity index (χ2v) is 8.11. The highest BCUT2D eigenvalue weighted by Crippen LogP contribution is 2.40. The molecule has 0 unspecified atom stereocenters. The first-order valence-corrected chi connectivity index (χ1v) is 11.0. The smallest absolute Gasteiger partial charge is 0.253 e. The van der Waals surface area contributed by atoms with Crippen LogP contribution in [0, 0.1) is 0 Å². The van der Waals surface area contributed by atoms with Crippen LogP contribution in [0.25, 0.3) is 5.70 Å². The molecule has 5 rings (SSSR count). The van der Waals surface area contributed by atoms with Crippen molar-refractivity contribution in [2.75, 3.05) is 10.4 Å². The Morgan fingerprint density at radius 2 is 1.88 bits per heavy atom. The Hall–Kier alpha value is -4.01. The number of nitrogens with one attached hydrogen (secondary N) is 1. The molecule has 0 spiro atoms. The fourth-order valence-corrected chi connectivity index (χ4v) is 4.11. The molecule has 34 heavy (non-hydrogen) atoms. The fraction of sp³-hybridized carbons (Fsp3) is 0.120. The molecule has 1 aromatic carbocycles. The molecule has 0 radical (unpaired) electrons. The van der Waals surface area contributed by atoms with Crippen molar-refractivity contribution in [1.82, 2.24) is 19.5 Å². The number of pyridine rings is 2. The van der Waals surface area contributed by atoms with Gasteiger partial charge in [0.05, 0.1) is 59.4 Å². The van der Waals surface area contributed by atoms with Gasteiger partial charge in [-0.2, -0.15) is 0 Å². The van der Waals surface area contributed by atoms with Crippen molar-refractivity contribution in [3.63, 3.8) is 0 Å². The number of aromatic nitrogens is 4. The Bertz CT molecular complexity index is 1390. The van der Waals surface area contributed by atoms with Crippen LogP contribution >= 0.6 is 11.6 Å². The summed E-state index contributed by atoms with van der Waals surface area (Å²) in [7, 11) is 0. The van der Waals surface area contributed by atoms with Gasteiger partial charge >= 0.3 is 0 Å². The second kappa shape index (κ2) is 9.46. The molecule has 4 heterocycles. The molecular formula is C25H21ClN6O2. The van der Waals surface area contributed by atoms with Crippen molar-refractivity contribution in [1.29, 1.82) is 0 Å². The lowest BCUT2D eigenvalue weighted by Crippen LogP contribution is -2.26. The van der Waals surface area contributed by atoms with E-state index in [2.05, 4.69) is 27.0 Å². The number of anilines is 2. The third-order valence-corrected chi connectivity index (χ3v) is 5.79. The van der Waals surface area contributed by atoms with E-state index in [-0.39, 0.29) is 18.7 Å². The number of ether oxygens (including phenoxy) is 1. The Morgan fingerprint density at radius 1 is 1.03 bits per heavy atom. The molecule has 1 N–H and O–H groups in total. The third-order valence-electron chi connectivity index (χ3n) is 5.47. The molecule has 170 valence electrons. The van der Waals surface area contributed by atoms with Gasteiger partial charge < -0.3 is 9.30 Å². The third kappa shape index (κ3) is 4.28. The van der Waals surface area contributed by atoms with Gasteiger partial charge in [0.1, 0.15) is 0 Å². The van der Waals surface area contributed by atoms with Crippen LogP contribution in [0.1, 0.15) is 22.5 Å². The topological polar surface area (TPSA) is 85.2 Å². The van der Waals surface area contributed by atoms with E-state index < -0.39 is 0 Å². The summed E-state index contributed by atoms with van der Waals surface area (Å²) in [5.41, 5.74) is 8.19. The van der Waals surface area contributed by atoms with Gasteiger partial charge in [0.2, 0.25) is 0 Å². The van der Waals surface area contributed by atoms with Crippen LogP contribution in [0.4, 0.5) is 11.4 Å². The van der Waals surface area contributed by atoms with Crippen LogP contribution in [0.5, 0.6) is 0 Å². The number of hydrazine groups is 1. The lowest BCUT2D eigenvalue weighted by Gasteiger charge is -2.21. The van der Waals surface area contributed by atoms with Crippen molar-refractivity contribution >= 4 is 28.7 Å². The van der Waals surface area contributed by atoms with Crippen molar-refractivity contribution in [2.24, 2.45) is 0 Å². The molecule has 1 aliphatic rings. The molecule has 0 bridgehead atoms. The fourth-order valence-electron chi connectivity index (χ4n) is 3.89. The van der Waals surface area contributed by atoms with Gasteiger partial charge in [0, 0.05) is 36.4 Å². The van der Waals surface area contributed by atoms with Crippen molar-refractivity contribution in [3.05, 3.63) is 118 Å². The molecule has 0 saturated heterocycles. The SMILES string of the molecule is C=C1c2c(cc(=O)n(Cc3cnccn3)c2COCc2cccnc2)NN1c1ccccc1Cl. The molecule has 0 aliphatic carbocycles. The molecule has 0 fully saturated rings. The van der Waals surface area contributed by atoms with E-state index in [1.165, 1.54) is 0 Å². The summed E-state index contributed by atoms with van der Waals surface area (Å²) in [4.78, 5) is 25.8. The minimum atomic E-state index is -0.189. The monoisotopic (exact) mass is 472 g/mol. The molecule has 8 nitrogen and oxygen atoms in total. The highest BCUT2D eigenvalue weighted by Gasteiger charge is 2.30. The van der Waals surface area contributed by atoms with E-state index >= 15 is 0 Å². The number of benzene rings is 1. The molecule has 4 aromatic rings. The predicted octanol–water partition coefficient (Wildman–Crippen LogP) is 4.27. The average molecular weight is 473 g/mol. The van der Waals surface area contributed by atoms with Crippen molar-refractivity contribution in [2.45, 2.75) is 19.8 Å². The van der Waals surface area contributed by atoms with Crippen molar-refractivity contribution in [3.8, 4) is 0 Å². The Balaban J connectivity index is 1.54. The van der Waals surface area contributed by atoms with Gasteiger partial charge in [-0.1, -0.05) is 36.4 Å². The summed E-state index contributed by atoms with van der Waals surface area (Å²) in [6.07, 6.45) is 8.31. The summed E-state index contributed by atoms with van der Waals surface area (Å²) in [6.45, 7) is 5.09. The maximum Gasteiger partial charge on any atom is 0.253 e. The maximum absolute atomic E-state index is 13.2. The molecule has 0 amide bonds. The average Bonchev–Trinajstić information content (AvgIpc) is 3.18. The van der Waals surface area contributed by atoms with E-state index in [4.69, 9.17) is 16.3 Å². The number of hydrogen-bond acceptors (Lipinski definition) is 7. The van der Waals surface area contributed by atoms with E-state index in [1.54, 1.807) is 52.7 Å². The second-order valence-electron chi connectivity index (χ2n) is 7.70. The zero-order valence-electron chi connectivity index (χ0n) is 18.2. The first kappa shape index (κ1) is 21.8. The minimum absolute atomic E-state index is 0.185. The number of fused-ring (bicyclic) bond motifs is 1. The van der Waals surface area contributed by atoms with Crippen LogP contribution < -0.4 is 16.0 Å². The van der Waals surface area contributed by atoms with Gasteiger partial charge in [-0.05, 0) is 23.8 Å². The van der Waals surface area contributed by atoms with E-state index in [1.807, 2.05) is 30.3 Å². The molecule has 9 heteroatoms. The molecule has 0 saturated carbocycles.